The number of urea groups is 1. The Labute approximate surface area is 151 Å². The molecule has 0 spiro atoms. The van der Waals surface area contributed by atoms with Gasteiger partial charge in [0.2, 0.25) is 11.8 Å². The molecule has 26 heavy (non-hydrogen) atoms. The number of esters is 1. The molecule has 1 heterocycles. The van der Waals surface area contributed by atoms with Gasteiger partial charge in [0.25, 0.3) is 5.91 Å². The lowest BCUT2D eigenvalue weighted by atomic mass is 9.85. The summed E-state index contributed by atoms with van der Waals surface area (Å²) < 4.78 is 4.94. The van der Waals surface area contributed by atoms with Crippen LogP contribution in [0.3, 0.4) is 0 Å². The summed E-state index contributed by atoms with van der Waals surface area (Å²) in [5, 5.41) is 4.51. The number of hydrogen-bond acceptors (Lipinski definition) is 6. The molecule has 0 saturated carbocycles. The van der Waals surface area contributed by atoms with Gasteiger partial charge in [-0.15, -0.1) is 0 Å². The van der Waals surface area contributed by atoms with Crippen LogP contribution >= 0.6 is 0 Å². The Balaban J connectivity index is 1.86. The predicted molar refractivity (Wildman–Crippen MR) is 89.4 cm³/mol. The second-order valence-corrected chi connectivity index (χ2v) is 6.67. The largest absolute Gasteiger partial charge is 0.451 e. The standard InChI is InChI=1S/C17H23N3O6/c1-9(2)18-17(25)19-14(22)10(3)26-13(21)8-20-15(23)11-6-4-5-7-12(11)16(20)24/h4-5,9-12H,6-8H2,1-3H3,(H2,18,19,22,25)/t10-,11-,12+/m1/s1. The molecule has 2 rings (SSSR count). The van der Waals surface area contributed by atoms with Crippen LogP contribution in [0.1, 0.15) is 33.6 Å². The molecule has 1 aliphatic heterocycles. The molecule has 3 atom stereocenters. The quantitative estimate of drug-likeness (QED) is 0.405. The molecule has 1 aliphatic carbocycles. The maximum absolute atomic E-state index is 12.3. The van der Waals surface area contributed by atoms with Crippen LogP contribution < -0.4 is 10.6 Å². The number of fused-ring (bicyclic) bond motifs is 1. The van der Waals surface area contributed by atoms with Crippen LogP contribution in [0.4, 0.5) is 4.79 Å². The van der Waals surface area contributed by atoms with Crippen LogP contribution in [0.2, 0.25) is 0 Å². The van der Waals surface area contributed by atoms with E-state index in [0.717, 1.165) is 4.90 Å². The number of imide groups is 2. The Morgan fingerprint density at radius 3 is 2.15 bits per heavy atom. The van der Waals surface area contributed by atoms with Crippen LogP contribution in [0.5, 0.6) is 0 Å². The van der Waals surface area contributed by atoms with Crippen molar-refractivity contribution >= 4 is 29.7 Å². The van der Waals surface area contributed by atoms with E-state index in [0.29, 0.717) is 12.8 Å². The summed E-state index contributed by atoms with van der Waals surface area (Å²) >= 11 is 0. The van der Waals surface area contributed by atoms with Crippen molar-refractivity contribution in [2.45, 2.75) is 45.8 Å². The summed E-state index contributed by atoms with van der Waals surface area (Å²) in [6, 6.07) is -0.861. The van der Waals surface area contributed by atoms with Crippen molar-refractivity contribution in [1.82, 2.24) is 15.5 Å². The monoisotopic (exact) mass is 365 g/mol. The van der Waals surface area contributed by atoms with E-state index in [1.54, 1.807) is 13.8 Å². The molecule has 0 aromatic rings. The van der Waals surface area contributed by atoms with Gasteiger partial charge in [-0.05, 0) is 33.6 Å². The third-order valence-corrected chi connectivity index (χ3v) is 4.22. The molecule has 0 unspecified atom stereocenters. The van der Waals surface area contributed by atoms with E-state index in [-0.39, 0.29) is 6.04 Å². The van der Waals surface area contributed by atoms with E-state index in [9.17, 15) is 24.0 Å². The van der Waals surface area contributed by atoms with Crippen LogP contribution in [-0.4, -0.2) is 53.3 Å². The highest BCUT2D eigenvalue weighted by Crippen LogP contribution is 2.34. The zero-order valence-corrected chi connectivity index (χ0v) is 15.0. The molecule has 0 aromatic heterocycles. The van der Waals surface area contributed by atoms with Gasteiger partial charge < -0.3 is 10.1 Å². The minimum atomic E-state index is -1.24. The normalized spacial score (nSPS) is 22.8. The van der Waals surface area contributed by atoms with E-state index >= 15 is 0 Å². The number of likely N-dealkylation sites (tertiary alicyclic amines) is 1. The first-order chi connectivity index (χ1) is 12.2. The van der Waals surface area contributed by atoms with E-state index in [1.807, 2.05) is 17.5 Å². The summed E-state index contributed by atoms with van der Waals surface area (Å²) in [5.41, 5.74) is 0. The van der Waals surface area contributed by atoms with E-state index in [2.05, 4.69) is 5.32 Å². The maximum atomic E-state index is 12.3. The number of nitrogens with one attached hydrogen (secondary N) is 2. The summed E-state index contributed by atoms with van der Waals surface area (Å²) in [4.78, 5) is 60.8. The lowest BCUT2D eigenvalue weighted by Gasteiger charge is -2.17. The topological polar surface area (TPSA) is 122 Å². The number of rotatable bonds is 5. The summed E-state index contributed by atoms with van der Waals surface area (Å²) in [7, 11) is 0. The SMILES string of the molecule is CC(C)NC(=O)NC(=O)[C@@H](C)OC(=O)CN1C(=O)[C@H]2CC=CC[C@H]2C1=O. The van der Waals surface area contributed by atoms with Crippen molar-refractivity contribution in [3.8, 4) is 0 Å². The first-order valence-electron chi connectivity index (χ1n) is 8.51. The van der Waals surface area contributed by atoms with Gasteiger partial charge in [-0.25, -0.2) is 4.79 Å². The molecule has 142 valence electrons. The first kappa shape index (κ1) is 19.6. The van der Waals surface area contributed by atoms with Crippen LogP contribution in [0.25, 0.3) is 0 Å². The molecule has 2 N–H and O–H groups in total. The van der Waals surface area contributed by atoms with Gasteiger partial charge in [0.15, 0.2) is 6.10 Å². The highest BCUT2D eigenvalue weighted by Gasteiger charge is 2.47. The van der Waals surface area contributed by atoms with Gasteiger partial charge in [0.1, 0.15) is 6.54 Å². The number of ether oxygens (including phenoxy) is 1. The second-order valence-electron chi connectivity index (χ2n) is 6.67. The first-order valence-corrected chi connectivity index (χ1v) is 8.51. The molecule has 1 fully saturated rings. The smallest absolute Gasteiger partial charge is 0.326 e. The van der Waals surface area contributed by atoms with Gasteiger partial charge in [-0.2, -0.15) is 0 Å². The zero-order chi connectivity index (χ0) is 19.4. The van der Waals surface area contributed by atoms with Crippen molar-refractivity contribution in [2.24, 2.45) is 11.8 Å². The highest BCUT2D eigenvalue weighted by molar-refractivity contribution is 6.07. The molecule has 9 heteroatoms. The van der Waals surface area contributed by atoms with Crippen LogP contribution in [0.15, 0.2) is 12.2 Å². The fourth-order valence-electron chi connectivity index (χ4n) is 2.95. The molecular weight excluding hydrogens is 342 g/mol. The average Bonchev–Trinajstić information content (AvgIpc) is 2.79. The molecule has 0 bridgehead atoms. The number of nitrogens with zero attached hydrogens (tertiary/aromatic N) is 1. The van der Waals surface area contributed by atoms with Gasteiger partial charge in [0.05, 0.1) is 11.8 Å². The Morgan fingerprint density at radius 1 is 1.12 bits per heavy atom. The van der Waals surface area contributed by atoms with E-state index in [1.165, 1.54) is 6.92 Å². The average molecular weight is 365 g/mol. The zero-order valence-electron chi connectivity index (χ0n) is 15.0. The fraction of sp³-hybridized carbons (Fsp3) is 0.588. The van der Waals surface area contributed by atoms with Crippen molar-refractivity contribution in [3.05, 3.63) is 12.2 Å². The molecular formula is C17H23N3O6. The summed E-state index contributed by atoms with van der Waals surface area (Å²) in [5.74, 6) is -3.33. The van der Waals surface area contributed by atoms with Gasteiger partial charge in [-0.3, -0.25) is 29.4 Å². The van der Waals surface area contributed by atoms with Gasteiger partial charge in [0, 0.05) is 6.04 Å². The Morgan fingerprint density at radius 2 is 1.65 bits per heavy atom. The number of carbonyl (C=O) groups is 5. The lowest BCUT2D eigenvalue weighted by molar-refractivity contribution is -0.159. The third-order valence-electron chi connectivity index (χ3n) is 4.22. The second kappa shape index (κ2) is 8.11. The third kappa shape index (κ3) is 4.47. The number of allylic oxidation sites excluding steroid dienone is 2. The van der Waals surface area contributed by atoms with Crippen LogP contribution in [-0.2, 0) is 23.9 Å². The van der Waals surface area contributed by atoms with E-state index in [4.69, 9.17) is 4.74 Å². The van der Waals surface area contributed by atoms with Crippen molar-refractivity contribution in [1.29, 1.82) is 0 Å². The van der Waals surface area contributed by atoms with Crippen molar-refractivity contribution < 1.29 is 28.7 Å². The Hall–Kier alpha value is -2.71. The minimum Gasteiger partial charge on any atom is -0.451 e. The fourth-order valence-corrected chi connectivity index (χ4v) is 2.95. The molecule has 0 radical (unpaired) electrons. The maximum Gasteiger partial charge on any atom is 0.326 e. The summed E-state index contributed by atoms with van der Waals surface area (Å²) in [6.45, 7) is 4.21. The van der Waals surface area contributed by atoms with Crippen LogP contribution in [0, 0.1) is 11.8 Å². The van der Waals surface area contributed by atoms with Crippen molar-refractivity contribution in [2.75, 3.05) is 6.54 Å². The number of hydrogen-bond donors (Lipinski definition) is 2. The Kier molecular flexibility index (Phi) is 6.12. The number of carbonyl (C=O) groups excluding carboxylic acids is 5. The number of amides is 5. The molecule has 1 saturated heterocycles. The van der Waals surface area contributed by atoms with Gasteiger partial charge in [-0.1, -0.05) is 12.2 Å². The summed E-state index contributed by atoms with van der Waals surface area (Å²) in [6.07, 6.45) is 3.41. The molecule has 0 aromatic carbocycles. The highest BCUT2D eigenvalue weighted by atomic mass is 16.5. The lowest BCUT2D eigenvalue weighted by Crippen LogP contribution is -2.47. The molecule has 2 aliphatic rings. The minimum absolute atomic E-state index is 0.161. The Bertz CT molecular complexity index is 631. The van der Waals surface area contributed by atoms with Gasteiger partial charge >= 0.3 is 12.0 Å². The predicted octanol–water partition coefficient (Wildman–Crippen LogP) is 0.104. The van der Waals surface area contributed by atoms with E-state index < -0.39 is 54.2 Å². The molecule has 9 nitrogen and oxygen atoms in total. The molecule has 5 amide bonds. The van der Waals surface area contributed by atoms with Crippen molar-refractivity contribution in [3.63, 3.8) is 0 Å².